The minimum atomic E-state index is -1.06. The van der Waals surface area contributed by atoms with Gasteiger partial charge in [-0.15, -0.1) is 0 Å². The minimum Gasteiger partial charge on any atom is -0.463 e. The number of hydrogen-bond acceptors (Lipinski definition) is 6. The van der Waals surface area contributed by atoms with Crippen LogP contribution in [0, 0.1) is 0 Å². The molecule has 0 aromatic carbocycles. The van der Waals surface area contributed by atoms with Crippen LogP contribution in [0.2, 0.25) is 0 Å². The van der Waals surface area contributed by atoms with Crippen LogP contribution in [0.15, 0.2) is 0 Å². The fourth-order valence-corrected chi connectivity index (χ4v) is 4.02. The molecule has 0 unspecified atom stereocenters. The van der Waals surface area contributed by atoms with Gasteiger partial charge in [0.05, 0.1) is 0 Å². The van der Waals surface area contributed by atoms with Crippen LogP contribution in [0.25, 0.3) is 0 Å². The van der Waals surface area contributed by atoms with Crippen molar-refractivity contribution >= 4 is 17.8 Å². The SMILES string of the molecule is CCCCCCCCCCCCCCCCCC(=O)OC[C@@H](O)COC(=O)[C@@H]1CCC(=O)N1. The topological polar surface area (TPSA) is 102 Å². The molecular weight excluding hydrogens is 422 g/mol. The molecule has 0 spiro atoms. The van der Waals surface area contributed by atoms with Gasteiger partial charge in [-0.05, 0) is 12.8 Å². The lowest BCUT2D eigenvalue weighted by molar-refractivity contribution is -0.154. The second-order valence-electron chi connectivity index (χ2n) is 9.33. The van der Waals surface area contributed by atoms with Crippen LogP contribution in [0.4, 0.5) is 0 Å². The Morgan fingerprint density at radius 2 is 1.33 bits per heavy atom. The van der Waals surface area contributed by atoms with Gasteiger partial charge in [0.15, 0.2) is 0 Å². The molecule has 1 aliphatic heterocycles. The molecule has 7 nitrogen and oxygen atoms in total. The van der Waals surface area contributed by atoms with Gasteiger partial charge in [0.2, 0.25) is 5.91 Å². The Bertz CT molecular complexity index is 539. The van der Waals surface area contributed by atoms with E-state index >= 15 is 0 Å². The fourth-order valence-electron chi connectivity index (χ4n) is 4.02. The number of ether oxygens (including phenoxy) is 2. The average Bonchev–Trinajstić information content (AvgIpc) is 3.25. The van der Waals surface area contributed by atoms with Gasteiger partial charge in [0.1, 0.15) is 25.4 Å². The van der Waals surface area contributed by atoms with Crippen LogP contribution in [-0.4, -0.2) is 48.3 Å². The number of aliphatic hydroxyl groups is 1. The number of carbonyl (C=O) groups excluding carboxylic acids is 3. The van der Waals surface area contributed by atoms with E-state index in [9.17, 15) is 19.5 Å². The molecule has 1 aliphatic rings. The number of unbranched alkanes of at least 4 members (excludes halogenated alkanes) is 14. The monoisotopic (exact) mass is 469 g/mol. The first-order valence-electron chi connectivity index (χ1n) is 13.3. The molecule has 192 valence electrons. The molecule has 7 heteroatoms. The summed E-state index contributed by atoms with van der Waals surface area (Å²) in [4.78, 5) is 34.6. The van der Waals surface area contributed by atoms with Crippen molar-refractivity contribution in [3.8, 4) is 0 Å². The van der Waals surface area contributed by atoms with Crippen LogP contribution in [-0.2, 0) is 23.9 Å². The first kappa shape index (κ1) is 29.4. The van der Waals surface area contributed by atoms with Crippen molar-refractivity contribution in [3.63, 3.8) is 0 Å². The van der Waals surface area contributed by atoms with Gasteiger partial charge in [-0.2, -0.15) is 0 Å². The van der Waals surface area contributed by atoms with E-state index in [2.05, 4.69) is 12.2 Å². The van der Waals surface area contributed by atoms with Gasteiger partial charge < -0.3 is 19.9 Å². The van der Waals surface area contributed by atoms with Crippen molar-refractivity contribution in [2.24, 2.45) is 0 Å². The number of rotatable bonds is 21. The highest BCUT2D eigenvalue weighted by Crippen LogP contribution is 2.14. The fraction of sp³-hybridized carbons (Fsp3) is 0.885. The number of esters is 2. The standard InChI is InChI=1S/C26H47NO6/c1-2-3-4-5-6-7-8-9-10-11-12-13-14-15-16-17-25(30)32-20-22(28)21-33-26(31)23-18-19-24(29)27-23/h22-23,28H,2-21H2,1H3,(H,27,29)/t22-,23+/m1/s1. The van der Waals surface area contributed by atoms with Crippen molar-refractivity contribution < 1.29 is 29.0 Å². The van der Waals surface area contributed by atoms with E-state index in [0.29, 0.717) is 19.3 Å². The molecule has 0 saturated carbocycles. The Kier molecular flexibility index (Phi) is 17.6. The molecule has 1 saturated heterocycles. The molecule has 1 rings (SSSR count). The van der Waals surface area contributed by atoms with Gasteiger partial charge in [-0.1, -0.05) is 96.8 Å². The molecule has 1 fully saturated rings. The number of carbonyl (C=O) groups is 3. The zero-order chi connectivity index (χ0) is 24.2. The zero-order valence-corrected chi connectivity index (χ0v) is 20.8. The Balaban J connectivity index is 1.83. The van der Waals surface area contributed by atoms with Crippen LogP contribution in [0.1, 0.15) is 122 Å². The molecule has 2 N–H and O–H groups in total. The summed E-state index contributed by atoms with van der Waals surface area (Å²) < 4.78 is 10.0. The largest absolute Gasteiger partial charge is 0.463 e. The van der Waals surface area contributed by atoms with E-state index in [1.165, 1.54) is 77.0 Å². The summed E-state index contributed by atoms with van der Waals surface area (Å²) in [6, 6.07) is -0.641. The molecule has 0 bridgehead atoms. The van der Waals surface area contributed by atoms with E-state index in [-0.39, 0.29) is 25.1 Å². The second kappa shape index (κ2) is 19.8. The van der Waals surface area contributed by atoms with E-state index in [1.807, 2.05) is 0 Å². The molecule has 33 heavy (non-hydrogen) atoms. The van der Waals surface area contributed by atoms with Crippen LogP contribution in [0.5, 0.6) is 0 Å². The maximum atomic E-state index is 11.8. The third-order valence-electron chi connectivity index (χ3n) is 6.12. The van der Waals surface area contributed by atoms with E-state index < -0.39 is 18.1 Å². The quantitative estimate of drug-likeness (QED) is 0.182. The van der Waals surface area contributed by atoms with Crippen molar-refractivity contribution in [2.45, 2.75) is 135 Å². The molecule has 0 aromatic rings. The number of hydrogen-bond donors (Lipinski definition) is 2. The molecule has 2 atom stereocenters. The predicted octanol–water partition coefficient (Wildman–Crippen LogP) is 4.97. The zero-order valence-electron chi connectivity index (χ0n) is 20.8. The second-order valence-corrected chi connectivity index (χ2v) is 9.33. The Hall–Kier alpha value is -1.63. The lowest BCUT2D eigenvalue weighted by Crippen LogP contribution is -2.36. The number of amides is 1. The average molecular weight is 470 g/mol. The van der Waals surface area contributed by atoms with Crippen molar-refractivity contribution in [1.29, 1.82) is 0 Å². The van der Waals surface area contributed by atoms with Gasteiger partial charge in [-0.25, -0.2) is 4.79 Å². The minimum absolute atomic E-state index is 0.176. The summed E-state index contributed by atoms with van der Waals surface area (Å²) in [6.07, 6.45) is 19.1. The summed E-state index contributed by atoms with van der Waals surface area (Å²) in [5.41, 5.74) is 0. The highest BCUT2D eigenvalue weighted by molar-refractivity contribution is 5.88. The molecule has 0 radical (unpaired) electrons. The molecule has 1 heterocycles. The summed E-state index contributed by atoms with van der Waals surface area (Å²) in [5, 5.41) is 12.3. The lowest BCUT2D eigenvalue weighted by Gasteiger charge is -2.14. The summed E-state index contributed by atoms with van der Waals surface area (Å²) in [7, 11) is 0. The summed E-state index contributed by atoms with van der Waals surface area (Å²) in [6.45, 7) is 1.81. The van der Waals surface area contributed by atoms with Gasteiger partial charge >= 0.3 is 11.9 Å². The first-order chi connectivity index (χ1) is 16.0. The Labute approximate surface area is 200 Å². The maximum Gasteiger partial charge on any atom is 0.328 e. The molecule has 0 aromatic heterocycles. The van der Waals surface area contributed by atoms with E-state index in [4.69, 9.17) is 9.47 Å². The maximum absolute atomic E-state index is 11.8. The van der Waals surface area contributed by atoms with E-state index in [1.54, 1.807) is 0 Å². The summed E-state index contributed by atoms with van der Waals surface area (Å²) >= 11 is 0. The van der Waals surface area contributed by atoms with Crippen molar-refractivity contribution in [3.05, 3.63) is 0 Å². The Morgan fingerprint density at radius 3 is 1.82 bits per heavy atom. The molecular formula is C26H47NO6. The van der Waals surface area contributed by atoms with Crippen LogP contribution < -0.4 is 5.32 Å². The normalized spacial score (nSPS) is 16.4. The highest BCUT2D eigenvalue weighted by Gasteiger charge is 2.28. The lowest BCUT2D eigenvalue weighted by atomic mass is 10.0. The predicted molar refractivity (Wildman–Crippen MR) is 129 cm³/mol. The van der Waals surface area contributed by atoms with Crippen LogP contribution in [0.3, 0.4) is 0 Å². The smallest absolute Gasteiger partial charge is 0.328 e. The van der Waals surface area contributed by atoms with Gasteiger partial charge in [-0.3, -0.25) is 9.59 Å². The summed E-state index contributed by atoms with van der Waals surface area (Å²) in [5.74, 6) is -1.08. The van der Waals surface area contributed by atoms with Crippen molar-refractivity contribution in [1.82, 2.24) is 5.32 Å². The Morgan fingerprint density at radius 1 is 0.848 bits per heavy atom. The number of aliphatic hydroxyl groups excluding tert-OH is 1. The third kappa shape index (κ3) is 16.6. The van der Waals surface area contributed by atoms with Gasteiger partial charge in [0, 0.05) is 12.8 Å². The highest BCUT2D eigenvalue weighted by atomic mass is 16.6. The molecule has 1 amide bonds. The first-order valence-corrected chi connectivity index (χ1v) is 13.3. The van der Waals surface area contributed by atoms with Crippen molar-refractivity contribution in [2.75, 3.05) is 13.2 Å². The molecule has 0 aliphatic carbocycles. The van der Waals surface area contributed by atoms with Gasteiger partial charge in [0.25, 0.3) is 0 Å². The van der Waals surface area contributed by atoms with E-state index in [0.717, 1.165) is 19.3 Å². The number of nitrogens with one attached hydrogen (secondary N) is 1. The third-order valence-corrected chi connectivity index (χ3v) is 6.12. The van der Waals surface area contributed by atoms with Crippen LogP contribution >= 0.6 is 0 Å².